The summed E-state index contributed by atoms with van der Waals surface area (Å²) in [7, 11) is -3.80. The van der Waals surface area contributed by atoms with E-state index in [1.165, 1.54) is 12.1 Å². The van der Waals surface area contributed by atoms with Gasteiger partial charge in [-0.2, -0.15) is 18.4 Å². The molecule has 2 bridgehead atoms. The van der Waals surface area contributed by atoms with E-state index in [9.17, 15) is 13.2 Å². The number of hydrogen-bond acceptors (Lipinski definition) is 4. The number of fused-ring (bicyclic) bond motifs is 2. The van der Waals surface area contributed by atoms with E-state index in [4.69, 9.17) is 23.2 Å². The first-order chi connectivity index (χ1) is 10.3. The second-order valence-corrected chi connectivity index (χ2v) is 8.28. The van der Waals surface area contributed by atoms with Gasteiger partial charge in [-0.3, -0.25) is 4.79 Å². The molecule has 2 fully saturated rings. The van der Waals surface area contributed by atoms with E-state index in [2.05, 4.69) is 9.93 Å². The molecule has 3 rings (SSSR count). The number of alkyl halides is 2. The van der Waals surface area contributed by atoms with Gasteiger partial charge >= 0.3 is 0 Å². The number of nitrogens with one attached hydrogen (secondary N) is 1. The lowest BCUT2D eigenvalue weighted by molar-refractivity contribution is -0.115. The van der Waals surface area contributed by atoms with Crippen molar-refractivity contribution in [3.8, 4) is 0 Å². The quantitative estimate of drug-likeness (QED) is 0.662. The third-order valence-electron chi connectivity index (χ3n) is 4.14. The maximum atomic E-state index is 12.2. The van der Waals surface area contributed by atoms with Crippen molar-refractivity contribution in [2.45, 2.75) is 29.0 Å². The summed E-state index contributed by atoms with van der Waals surface area (Å²) in [4.78, 5) is 14.3. The molecule has 5 nitrogen and oxygen atoms in total. The van der Waals surface area contributed by atoms with Crippen molar-refractivity contribution in [1.82, 2.24) is 4.83 Å². The fourth-order valence-electron chi connectivity index (χ4n) is 2.88. The van der Waals surface area contributed by atoms with E-state index in [1.54, 1.807) is 12.1 Å². The minimum atomic E-state index is -3.80. The highest BCUT2D eigenvalue weighted by Crippen LogP contribution is 2.46. The monoisotopic (exact) mass is 360 g/mol. The number of hydrazone groups is 1. The van der Waals surface area contributed by atoms with E-state index < -0.39 is 20.8 Å². The molecule has 2 aliphatic carbocycles. The number of Topliss-reactive ketones (excluding diaryl/α,β-unsaturated/α-hetero) is 1. The Morgan fingerprint density at radius 1 is 1.14 bits per heavy atom. The summed E-state index contributed by atoms with van der Waals surface area (Å²) in [6, 6.07) is 6.35. The molecule has 0 amide bonds. The SMILES string of the molecule is Cc1ccc(S(=O)(=O)N/N=C2\C(=O)C3CC2C(Cl)C3Cl)cc1. The second-order valence-electron chi connectivity index (χ2n) is 5.61. The van der Waals surface area contributed by atoms with Crippen molar-refractivity contribution in [3.63, 3.8) is 0 Å². The number of sulfonamides is 1. The molecule has 8 heteroatoms. The molecule has 1 aromatic carbocycles. The predicted octanol–water partition coefficient (Wildman–Crippen LogP) is 2.06. The van der Waals surface area contributed by atoms with Crippen molar-refractivity contribution >= 4 is 44.7 Å². The van der Waals surface area contributed by atoms with E-state index in [0.717, 1.165) is 5.56 Å². The summed E-state index contributed by atoms with van der Waals surface area (Å²) in [6.07, 6.45) is 0.534. The Kier molecular flexibility index (Phi) is 3.95. The van der Waals surface area contributed by atoms with Crippen molar-refractivity contribution in [2.75, 3.05) is 0 Å². The van der Waals surface area contributed by atoms with Crippen LogP contribution in [0.5, 0.6) is 0 Å². The zero-order valence-electron chi connectivity index (χ0n) is 11.7. The van der Waals surface area contributed by atoms with Crippen LogP contribution in [0.15, 0.2) is 34.3 Å². The van der Waals surface area contributed by atoms with Gasteiger partial charge < -0.3 is 0 Å². The fourth-order valence-corrected chi connectivity index (χ4v) is 4.49. The molecule has 0 heterocycles. The molecular formula is C14H14Cl2N2O3S. The van der Waals surface area contributed by atoms with Gasteiger partial charge in [0.05, 0.1) is 15.6 Å². The van der Waals surface area contributed by atoms with Gasteiger partial charge in [-0.1, -0.05) is 17.7 Å². The molecule has 0 saturated heterocycles. The molecule has 0 spiro atoms. The number of ketones is 1. The predicted molar refractivity (Wildman–Crippen MR) is 84.8 cm³/mol. The van der Waals surface area contributed by atoms with Gasteiger partial charge in [0.1, 0.15) is 5.71 Å². The van der Waals surface area contributed by atoms with Crippen molar-refractivity contribution in [3.05, 3.63) is 29.8 Å². The topological polar surface area (TPSA) is 75.6 Å². The molecule has 0 radical (unpaired) electrons. The standard InChI is InChI=1S/C14H14Cl2N2O3S/c1-7-2-4-8(5-3-7)22(20,21)18-17-13-9-6-10(14(13)19)12(16)11(9)15/h2-5,9-12,18H,6H2,1H3/b17-13-. The van der Waals surface area contributed by atoms with Gasteiger partial charge in [0, 0.05) is 11.8 Å². The van der Waals surface area contributed by atoms with Crippen LogP contribution in [0.4, 0.5) is 0 Å². The Hall–Kier alpha value is -1.11. The van der Waals surface area contributed by atoms with Gasteiger partial charge in [-0.25, -0.2) is 0 Å². The number of halogens is 2. The van der Waals surface area contributed by atoms with Crippen LogP contribution in [0.1, 0.15) is 12.0 Å². The van der Waals surface area contributed by atoms with Crippen LogP contribution >= 0.6 is 23.2 Å². The molecule has 118 valence electrons. The van der Waals surface area contributed by atoms with E-state index >= 15 is 0 Å². The van der Waals surface area contributed by atoms with Crippen molar-refractivity contribution in [2.24, 2.45) is 16.9 Å². The van der Waals surface area contributed by atoms with Crippen LogP contribution in [0.25, 0.3) is 0 Å². The van der Waals surface area contributed by atoms with Crippen LogP contribution in [0, 0.1) is 18.8 Å². The first-order valence-corrected chi connectivity index (χ1v) is 9.15. The number of carbonyl (C=O) groups excluding carboxylic acids is 1. The third-order valence-corrected chi connectivity index (χ3v) is 6.64. The average molecular weight is 361 g/mol. The lowest BCUT2D eigenvalue weighted by Crippen LogP contribution is -2.38. The van der Waals surface area contributed by atoms with Crippen LogP contribution in [0.2, 0.25) is 0 Å². The van der Waals surface area contributed by atoms with Gasteiger partial charge in [0.2, 0.25) is 0 Å². The van der Waals surface area contributed by atoms with Gasteiger partial charge in [0.15, 0.2) is 5.78 Å². The molecule has 4 unspecified atom stereocenters. The van der Waals surface area contributed by atoms with E-state index in [1.807, 2.05) is 6.92 Å². The Morgan fingerprint density at radius 3 is 2.32 bits per heavy atom. The fraction of sp³-hybridized carbons (Fsp3) is 0.429. The Morgan fingerprint density at radius 2 is 1.73 bits per heavy atom. The minimum Gasteiger partial charge on any atom is -0.292 e. The number of aryl methyl sites for hydroxylation is 1. The summed E-state index contributed by atoms with van der Waals surface area (Å²) in [5, 5.41) is 3.02. The van der Waals surface area contributed by atoms with Crippen molar-refractivity contribution < 1.29 is 13.2 Å². The van der Waals surface area contributed by atoms with E-state index in [0.29, 0.717) is 6.42 Å². The molecule has 22 heavy (non-hydrogen) atoms. The Labute approximate surface area is 138 Å². The smallest absolute Gasteiger partial charge is 0.276 e. The number of benzene rings is 1. The molecule has 1 N–H and O–H groups in total. The number of nitrogens with zero attached hydrogens (tertiary/aromatic N) is 1. The molecular weight excluding hydrogens is 347 g/mol. The Bertz CT molecular complexity index is 746. The first-order valence-electron chi connectivity index (χ1n) is 6.79. The molecule has 4 atom stereocenters. The first kappa shape index (κ1) is 15.8. The zero-order chi connectivity index (χ0) is 16.1. The molecule has 1 aromatic rings. The second kappa shape index (κ2) is 5.51. The van der Waals surface area contributed by atoms with Gasteiger partial charge in [-0.05, 0) is 25.5 Å². The summed E-state index contributed by atoms with van der Waals surface area (Å²) in [5.74, 6) is -0.868. The molecule has 0 aromatic heterocycles. The van der Waals surface area contributed by atoms with Crippen LogP contribution in [-0.4, -0.2) is 30.7 Å². The van der Waals surface area contributed by atoms with Gasteiger partial charge in [-0.15, -0.1) is 23.2 Å². The lowest BCUT2D eigenvalue weighted by Gasteiger charge is -2.21. The maximum absolute atomic E-state index is 12.2. The Balaban J connectivity index is 1.82. The van der Waals surface area contributed by atoms with Gasteiger partial charge in [0.25, 0.3) is 10.0 Å². The zero-order valence-corrected chi connectivity index (χ0v) is 14.0. The molecule has 0 aliphatic heterocycles. The van der Waals surface area contributed by atoms with Crippen molar-refractivity contribution in [1.29, 1.82) is 0 Å². The lowest BCUT2D eigenvalue weighted by atomic mass is 9.96. The number of carbonyl (C=O) groups is 1. The normalized spacial score (nSPS) is 32.7. The summed E-state index contributed by atoms with van der Waals surface area (Å²) in [6.45, 7) is 1.86. The average Bonchev–Trinajstić information content (AvgIpc) is 2.94. The van der Waals surface area contributed by atoms with Crippen LogP contribution in [0.3, 0.4) is 0 Å². The summed E-state index contributed by atoms with van der Waals surface area (Å²) < 4.78 is 24.3. The van der Waals surface area contributed by atoms with E-state index in [-0.39, 0.29) is 28.2 Å². The summed E-state index contributed by atoms with van der Waals surface area (Å²) in [5.41, 5.74) is 1.13. The highest BCUT2D eigenvalue weighted by atomic mass is 35.5. The number of rotatable bonds is 3. The molecule has 2 saturated carbocycles. The summed E-state index contributed by atoms with van der Waals surface area (Å²) >= 11 is 12.2. The number of hydrogen-bond donors (Lipinski definition) is 1. The largest absolute Gasteiger partial charge is 0.292 e. The van der Waals surface area contributed by atoms with Crippen LogP contribution < -0.4 is 4.83 Å². The van der Waals surface area contributed by atoms with Crippen LogP contribution in [-0.2, 0) is 14.8 Å². The third kappa shape index (κ3) is 2.53. The highest BCUT2D eigenvalue weighted by molar-refractivity contribution is 7.89. The minimum absolute atomic E-state index is 0.0932. The highest BCUT2D eigenvalue weighted by Gasteiger charge is 2.55. The maximum Gasteiger partial charge on any atom is 0.276 e. The molecule has 2 aliphatic rings.